The highest BCUT2D eigenvalue weighted by Gasteiger charge is 2.28. The Balaban J connectivity index is 2.61. The van der Waals surface area contributed by atoms with Crippen LogP contribution in [0.15, 0.2) is 4.99 Å². The van der Waals surface area contributed by atoms with Gasteiger partial charge in [0.05, 0.1) is 12.6 Å². The van der Waals surface area contributed by atoms with Gasteiger partial charge in [-0.3, -0.25) is 4.99 Å². The summed E-state index contributed by atoms with van der Waals surface area (Å²) in [5.74, 6) is 1.11. The number of rotatable bonds is 2. The monoisotopic (exact) mass is 225 g/mol. The summed E-state index contributed by atoms with van der Waals surface area (Å²) in [5.41, 5.74) is 0.437. The molecule has 1 aliphatic heterocycles. The summed E-state index contributed by atoms with van der Waals surface area (Å²) in [6.07, 6.45) is 1.13. The molecule has 1 atom stereocenters. The number of nitrogens with one attached hydrogen (secondary N) is 2. The Labute approximate surface area is 100 Å². The van der Waals surface area contributed by atoms with E-state index in [0.717, 1.165) is 25.3 Å². The van der Waals surface area contributed by atoms with Crippen LogP contribution in [0.25, 0.3) is 0 Å². The SMILES string of the molecule is C[C@H]1NCCN=C1NC(C)(C)CC(C)(C)C. The van der Waals surface area contributed by atoms with Gasteiger partial charge in [-0.25, -0.2) is 0 Å². The number of amidine groups is 1. The van der Waals surface area contributed by atoms with E-state index in [4.69, 9.17) is 0 Å². The highest BCUT2D eigenvalue weighted by atomic mass is 15.1. The summed E-state index contributed by atoms with van der Waals surface area (Å²) in [6.45, 7) is 15.4. The fraction of sp³-hybridized carbons (Fsp3) is 0.923. The zero-order chi connectivity index (χ0) is 12.4. The van der Waals surface area contributed by atoms with Gasteiger partial charge in [0.2, 0.25) is 0 Å². The summed E-state index contributed by atoms with van der Waals surface area (Å²) in [6, 6.07) is 0.355. The number of hydrogen-bond acceptors (Lipinski definition) is 3. The van der Waals surface area contributed by atoms with Gasteiger partial charge >= 0.3 is 0 Å². The summed E-state index contributed by atoms with van der Waals surface area (Å²) in [7, 11) is 0. The van der Waals surface area contributed by atoms with Crippen LogP contribution in [0.5, 0.6) is 0 Å². The minimum absolute atomic E-state index is 0.102. The molecule has 0 amide bonds. The predicted molar refractivity (Wildman–Crippen MR) is 71.1 cm³/mol. The average molecular weight is 225 g/mol. The lowest BCUT2D eigenvalue weighted by atomic mass is 9.81. The van der Waals surface area contributed by atoms with E-state index in [1.165, 1.54) is 0 Å². The second-order valence-electron chi connectivity index (χ2n) is 6.69. The second-order valence-corrected chi connectivity index (χ2v) is 6.69. The molecule has 0 radical (unpaired) electrons. The molecule has 0 unspecified atom stereocenters. The van der Waals surface area contributed by atoms with Gasteiger partial charge in [-0.1, -0.05) is 20.8 Å². The van der Waals surface area contributed by atoms with Crippen molar-refractivity contribution in [2.75, 3.05) is 13.1 Å². The summed E-state index contributed by atoms with van der Waals surface area (Å²) >= 11 is 0. The summed E-state index contributed by atoms with van der Waals surface area (Å²) in [5, 5.41) is 7.01. The third kappa shape index (κ3) is 4.52. The lowest BCUT2D eigenvalue weighted by molar-refractivity contribution is 0.264. The van der Waals surface area contributed by atoms with Crippen molar-refractivity contribution in [2.24, 2.45) is 10.4 Å². The molecule has 1 rings (SSSR count). The van der Waals surface area contributed by atoms with Crippen molar-refractivity contribution in [3.05, 3.63) is 0 Å². The average Bonchev–Trinajstić information content (AvgIpc) is 2.04. The molecule has 2 N–H and O–H groups in total. The van der Waals surface area contributed by atoms with Gasteiger partial charge in [-0.15, -0.1) is 0 Å². The van der Waals surface area contributed by atoms with Crippen LogP contribution in [-0.4, -0.2) is 30.5 Å². The first-order valence-electron chi connectivity index (χ1n) is 6.26. The molecule has 0 fully saturated rings. The topological polar surface area (TPSA) is 36.4 Å². The molecule has 0 aromatic carbocycles. The lowest BCUT2D eigenvalue weighted by Gasteiger charge is -2.36. The van der Waals surface area contributed by atoms with E-state index in [2.05, 4.69) is 57.2 Å². The Morgan fingerprint density at radius 1 is 1.31 bits per heavy atom. The Morgan fingerprint density at radius 3 is 2.44 bits per heavy atom. The molecule has 3 nitrogen and oxygen atoms in total. The first kappa shape index (κ1) is 13.5. The van der Waals surface area contributed by atoms with Crippen molar-refractivity contribution in [1.29, 1.82) is 0 Å². The first-order chi connectivity index (χ1) is 7.20. The van der Waals surface area contributed by atoms with Gasteiger partial charge in [0, 0.05) is 12.1 Å². The molecule has 16 heavy (non-hydrogen) atoms. The third-order valence-electron chi connectivity index (χ3n) is 2.69. The van der Waals surface area contributed by atoms with Gasteiger partial charge in [-0.2, -0.15) is 0 Å². The Morgan fingerprint density at radius 2 is 1.94 bits per heavy atom. The molecule has 0 spiro atoms. The van der Waals surface area contributed by atoms with Crippen molar-refractivity contribution < 1.29 is 0 Å². The Bertz CT molecular complexity index is 261. The fourth-order valence-electron chi connectivity index (χ4n) is 2.56. The lowest BCUT2D eigenvalue weighted by Crippen LogP contribution is -2.54. The van der Waals surface area contributed by atoms with E-state index in [0.29, 0.717) is 11.5 Å². The first-order valence-corrected chi connectivity index (χ1v) is 6.26. The number of nitrogens with zero attached hydrogens (tertiary/aromatic N) is 1. The van der Waals surface area contributed by atoms with Crippen LogP contribution in [0.1, 0.15) is 48.0 Å². The van der Waals surface area contributed by atoms with E-state index >= 15 is 0 Å². The van der Waals surface area contributed by atoms with E-state index in [-0.39, 0.29) is 5.54 Å². The van der Waals surface area contributed by atoms with Gasteiger partial charge in [0.15, 0.2) is 0 Å². The molecule has 94 valence electrons. The van der Waals surface area contributed by atoms with Crippen molar-refractivity contribution in [1.82, 2.24) is 10.6 Å². The van der Waals surface area contributed by atoms with Crippen LogP contribution in [0.4, 0.5) is 0 Å². The van der Waals surface area contributed by atoms with Crippen LogP contribution < -0.4 is 10.6 Å². The molecule has 0 saturated heterocycles. The van der Waals surface area contributed by atoms with Crippen LogP contribution in [0, 0.1) is 5.41 Å². The van der Waals surface area contributed by atoms with Crippen molar-refractivity contribution in [3.63, 3.8) is 0 Å². The van der Waals surface area contributed by atoms with Crippen LogP contribution in [-0.2, 0) is 0 Å². The molecule has 0 saturated carbocycles. The maximum Gasteiger partial charge on any atom is 0.114 e. The maximum absolute atomic E-state index is 4.57. The smallest absolute Gasteiger partial charge is 0.114 e. The van der Waals surface area contributed by atoms with Crippen LogP contribution in [0.2, 0.25) is 0 Å². The minimum atomic E-state index is 0.102. The second kappa shape index (κ2) is 4.74. The predicted octanol–water partition coefficient (Wildman–Crippen LogP) is 2.18. The van der Waals surface area contributed by atoms with E-state index < -0.39 is 0 Å². The van der Waals surface area contributed by atoms with E-state index in [1.54, 1.807) is 0 Å². The zero-order valence-corrected chi connectivity index (χ0v) is 11.6. The molecule has 0 aromatic rings. The maximum atomic E-state index is 4.57. The summed E-state index contributed by atoms with van der Waals surface area (Å²) in [4.78, 5) is 4.57. The van der Waals surface area contributed by atoms with E-state index in [9.17, 15) is 0 Å². The van der Waals surface area contributed by atoms with Gasteiger partial charge < -0.3 is 10.6 Å². The molecule has 1 aliphatic rings. The van der Waals surface area contributed by atoms with E-state index in [1.807, 2.05) is 0 Å². The normalized spacial score (nSPS) is 22.9. The Hall–Kier alpha value is -0.570. The molecular weight excluding hydrogens is 198 g/mol. The van der Waals surface area contributed by atoms with Crippen molar-refractivity contribution in [3.8, 4) is 0 Å². The molecule has 1 heterocycles. The quantitative estimate of drug-likeness (QED) is 0.756. The number of aliphatic imine (C=N–C) groups is 1. The standard InChI is InChI=1S/C13H27N3/c1-10-11(15-8-7-14-10)16-13(5,6)9-12(2,3)4/h10,14H,7-9H2,1-6H3,(H,15,16)/t10-/m1/s1. The fourth-order valence-corrected chi connectivity index (χ4v) is 2.56. The van der Waals surface area contributed by atoms with Crippen molar-refractivity contribution in [2.45, 2.75) is 59.5 Å². The molecule has 0 aromatic heterocycles. The van der Waals surface area contributed by atoms with Crippen molar-refractivity contribution >= 4 is 5.84 Å². The molecule has 3 heteroatoms. The molecule has 0 aliphatic carbocycles. The van der Waals surface area contributed by atoms with Crippen LogP contribution in [0.3, 0.4) is 0 Å². The number of hydrogen-bond donors (Lipinski definition) is 2. The van der Waals surface area contributed by atoms with Gasteiger partial charge in [0.25, 0.3) is 0 Å². The summed E-state index contributed by atoms with van der Waals surface area (Å²) < 4.78 is 0. The highest BCUT2D eigenvalue weighted by Crippen LogP contribution is 2.26. The zero-order valence-electron chi connectivity index (χ0n) is 11.6. The van der Waals surface area contributed by atoms with Gasteiger partial charge in [0.1, 0.15) is 5.84 Å². The highest BCUT2D eigenvalue weighted by molar-refractivity contribution is 5.88. The Kier molecular flexibility index (Phi) is 4.00. The molecule has 0 bridgehead atoms. The molecular formula is C13H27N3. The third-order valence-corrected chi connectivity index (χ3v) is 2.69. The van der Waals surface area contributed by atoms with Gasteiger partial charge in [-0.05, 0) is 32.6 Å². The largest absolute Gasteiger partial charge is 0.368 e. The minimum Gasteiger partial charge on any atom is -0.368 e. The van der Waals surface area contributed by atoms with Crippen LogP contribution >= 0.6 is 0 Å².